The molecular formula is C18H23BrN2O4. The maximum atomic E-state index is 13.0. The van der Waals surface area contributed by atoms with Gasteiger partial charge in [-0.25, -0.2) is 4.79 Å². The number of β-amino-alcohol motifs (C(OH)–C–C–N with tert-alkyl or cyclic N) is 1. The molecule has 136 valence electrons. The molecule has 2 aliphatic heterocycles. The minimum atomic E-state index is -0.433. The van der Waals surface area contributed by atoms with Crippen molar-refractivity contribution in [2.24, 2.45) is 0 Å². The molecule has 0 saturated carbocycles. The summed E-state index contributed by atoms with van der Waals surface area (Å²) in [6.07, 6.45) is 0.740. The molecule has 0 bridgehead atoms. The third-order valence-corrected chi connectivity index (χ3v) is 5.49. The van der Waals surface area contributed by atoms with Gasteiger partial charge in [-0.2, -0.15) is 0 Å². The van der Waals surface area contributed by atoms with Gasteiger partial charge in [0.25, 0.3) is 0 Å². The standard InChI is InChI=1S/C18H23BrN2O4/c1-10(2)21-15(17(23)20-5-4-13(22)9-20)8-11-6-12(18(24)25-3)7-14(19)16(11)21/h6-7,10,13,15,22H,4-5,8-9H2,1-3H3/t13-,15?/m1/s1. The summed E-state index contributed by atoms with van der Waals surface area (Å²) in [7, 11) is 1.36. The normalized spacial score (nSPS) is 22.5. The number of benzene rings is 1. The number of methoxy groups -OCH3 is 1. The summed E-state index contributed by atoms with van der Waals surface area (Å²) in [5.41, 5.74) is 2.39. The maximum Gasteiger partial charge on any atom is 0.337 e. The number of esters is 1. The Balaban J connectivity index is 1.95. The monoisotopic (exact) mass is 410 g/mol. The molecular weight excluding hydrogens is 388 g/mol. The van der Waals surface area contributed by atoms with Gasteiger partial charge in [0.05, 0.1) is 24.5 Å². The van der Waals surface area contributed by atoms with Gasteiger partial charge in [-0.3, -0.25) is 4.79 Å². The molecule has 1 amide bonds. The van der Waals surface area contributed by atoms with Crippen molar-refractivity contribution in [1.29, 1.82) is 0 Å². The molecule has 1 saturated heterocycles. The van der Waals surface area contributed by atoms with Crippen LogP contribution >= 0.6 is 15.9 Å². The van der Waals surface area contributed by atoms with Crippen molar-refractivity contribution in [2.75, 3.05) is 25.1 Å². The maximum absolute atomic E-state index is 13.0. The van der Waals surface area contributed by atoms with E-state index in [-0.39, 0.29) is 18.0 Å². The van der Waals surface area contributed by atoms with Gasteiger partial charge in [0.1, 0.15) is 6.04 Å². The minimum absolute atomic E-state index is 0.0352. The highest BCUT2D eigenvalue weighted by molar-refractivity contribution is 9.10. The summed E-state index contributed by atoms with van der Waals surface area (Å²) < 4.78 is 5.60. The van der Waals surface area contributed by atoms with Crippen LogP contribution in [0.25, 0.3) is 0 Å². The average molecular weight is 411 g/mol. The van der Waals surface area contributed by atoms with E-state index in [9.17, 15) is 14.7 Å². The van der Waals surface area contributed by atoms with Crippen LogP contribution in [-0.2, 0) is 16.0 Å². The smallest absolute Gasteiger partial charge is 0.337 e. The number of hydrogen-bond donors (Lipinski definition) is 1. The molecule has 6 nitrogen and oxygen atoms in total. The first-order chi connectivity index (χ1) is 11.8. The highest BCUT2D eigenvalue weighted by Crippen LogP contribution is 2.41. The molecule has 3 rings (SSSR count). The fourth-order valence-corrected chi connectivity index (χ4v) is 4.48. The molecule has 0 radical (unpaired) electrons. The van der Waals surface area contributed by atoms with Crippen LogP contribution in [0, 0.1) is 0 Å². The molecule has 1 aromatic carbocycles. The lowest BCUT2D eigenvalue weighted by molar-refractivity contribution is -0.131. The number of aliphatic hydroxyl groups excluding tert-OH is 1. The molecule has 7 heteroatoms. The van der Waals surface area contributed by atoms with E-state index in [0.29, 0.717) is 31.5 Å². The number of rotatable bonds is 3. The number of hydrogen-bond acceptors (Lipinski definition) is 5. The number of carbonyl (C=O) groups excluding carboxylic acids is 2. The highest BCUT2D eigenvalue weighted by atomic mass is 79.9. The van der Waals surface area contributed by atoms with E-state index < -0.39 is 12.1 Å². The fourth-order valence-electron chi connectivity index (χ4n) is 3.78. The number of amides is 1. The topological polar surface area (TPSA) is 70.1 Å². The number of nitrogens with zero attached hydrogens (tertiary/aromatic N) is 2. The van der Waals surface area contributed by atoms with Crippen LogP contribution in [0.2, 0.25) is 0 Å². The van der Waals surface area contributed by atoms with Gasteiger partial charge in [-0.1, -0.05) is 0 Å². The predicted octanol–water partition coefficient (Wildman–Crippen LogP) is 1.97. The van der Waals surface area contributed by atoms with Crippen molar-refractivity contribution in [3.63, 3.8) is 0 Å². The van der Waals surface area contributed by atoms with Gasteiger partial charge < -0.3 is 19.6 Å². The first kappa shape index (κ1) is 18.2. The first-order valence-electron chi connectivity index (χ1n) is 8.49. The van der Waals surface area contributed by atoms with E-state index in [1.54, 1.807) is 11.0 Å². The lowest BCUT2D eigenvalue weighted by Crippen LogP contribution is -2.49. The van der Waals surface area contributed by atoms with E-state index in [2.05, 4.69) is 34.7 Å². The molecule has 2 atom stereocenters. The SMILES string of the molecule is COC(=O)c1cc(Br)c2c(c1)CC(C(=O)N1CC[C@@H](O)C1)N2C(C)C. The molecule has 1 N–H and O–H groups in total. The van der Waals surface area contributed by atoms with Crippen molar-refractivity contribution < 1.29 is 19.4 Å². The van der Waals surface area contributed by atoms with Crippen LogP contribution in [-0.4, -0.2) is 60.3 Å². The van der Waals surface area contributed by atoms with Crippen molar-refractivity contribution in [2.45, 2.75) is 44.9 Å². The zero-order chi connectivity index (χ0) is 18.3. The summed E-state index contributed by atoms with van der Waals surface area (Å²) in [6, 6.07) is 3.37. The Morgan fingerprint density at radius 2 is 2.08 bits per heavy atom. The Bertz CT molecular complexity index is 707. The number of anilines is 1. The van der Waals surface area contributed by atoms with Crippen LogP contribution in [0.3, 0.4) is 0 Å². The summed E-state index contributed by atoms with van der Waals surface area (Å²) in [5.74, 6) is -0.356. The second-order valence-electron chi connectivity index (χ2n) is 6.91. The summed E-state index contributed by atoms with van der Waals surface area (Å²) in [4.78, 5) is 28.8. The molecule has 0 aliphatic carbocycles. The van der Waals surface area contributed by atoms with Gasteiger partial charge in [0.15, 0.2) is 0 Å². The number of carbonyl (C=O) groups is 2. The van der Waals surface area contributed by atoms with E-state index in [1.807, 2.05) is 6.07 Å². The quantitative estimate of drug-likeness (QED) is 0.771. The third kappa shape index (κ3) is 3.27. The van der Waals surface area contributed by atoms with Crippen LogP contribution in [0.4, 0.5) is 5.69 Å². The van der Waals surface area contributed by atoms with Crippen LogP contribution in [0.5, 0.6) is 0 Å². The molecule has 2 aliphatic rings. The molecule has 25 heavy (non-hydrogen) atoms. The van der Waals surface area contributed by atoms with Crippen molar-refractivity contribution in [3.8, 4) is 0 Å². The Labute approximate surface area is 155 Å². The van der Waals surface area contributed by atoms with Crippen LogP contribution in [0.1, 0.15) is 36.2 Å². The third-order valence-electron chi connectivity index (χ3n) is 4.89. The Kier molecular flexibility index (Phi) is 5.06. The highest BCUT2D eigenvalue weighted by Gasteiger charge is 2.41. The van der Waals surface area contributed by atoms with E-state index >= 15 is 0 Å². The fraction of sp³-hybridized carbons (Fsp3) is 0.556. The molecule has 1 fully saturated rings. The summed E-state index contributed by atoms with van der Waals surface area (Å²) in [6.45, 7) is 5.09. The molecule has 0 spiro atoms. The Morgan fingerprint density at radius 1 is 1.36 bits per heavy atom. The summed E-state index contributed by atoms with van der Waals surface area (Å²) >= 11 is 3.56. The lowest BCUT2D eigenvalue weighted by atomic mass is 10.1. The lowest BCUT2D eigenvalue weighted by Gasteiger charge is -2.33. The van der Waals surface area contributed by atoms with E-state index in [1.165, 1.54) is 7.11 Å². The second-order valence-corrected chi connectivity index (χ2v) is 7.76. The van der Waals surface area contributed by atoms with Gasteiger partial charge in [-0.15, -0.1) is 0 Å². The van der Waals surface area contributed by atoms with Crippen molar-refractivity contribution in [3.05, 3.63) is 27.7 Å². The zero-order valence-electron chi connectivity index (χ0n) is 14.7. The van der Waals surface area contributed by atoms with Crippen LogP contribution in [0.15, 0.2) is 16.6 Å². The van der Waals surface area contributed by atoms with Crippen molar-refractivity contribution >= 4 is 33.5 Å². The molecule has 1 unspecified atom stereocenters. The van der Waals surface area contributed by atoms with Gasteiger partial charge in [-0.05, 0) is 53.9 Å². The number of aliphatic hydroxyl groups is 1. The number of ether oxygens (including phenoxy) is 1. The Hall–Kier alpha value is -1.60. The van der Waals surface area contributed by atoms with Gasteiger partial charge >= 0.3 is 5.97 Å². The number of halogens is 1. The minimum Gasteiger partial charge on any atom is -0.465 e. The second kappa shape index (κ2) is 6.96. The van der Waals surface area contributed by atoms with Crippen molar-refractivity contribution in [1.82, 2.24) is 4.90 Å². The number of likely N-dealkylation sites (tertiary alicyclic amines) is 1. The first-order valence-corrected chi connectivity index (χ1v) is 9.28. The average Bonchev–Trinajstić information content (AvgIpc) is 3.17. The predicted molar refractivity (Wildman–Crippen MR) is 97.8 cm³/mol. The zero-order valence-corrected chi connectivity index (χ0v) is 16.2. The summed E-state index contributed by atoms with van der Waals surface area (Å²) in [5, 5.41) is 9.74. The molecule has 0 aromatic heterocycles. The molecule has 1 aromatic rings. The van der Waals surface area contributed by atoms with Crippen LogP contribution < -0.4 is 4.90 Å². The Morgan fingerprint density at radius 3 is 2.64 bits per heavy atom. The van der Waals surface area contributed by atoms with Gasteiger partial charge in [0, 0.05) is 30.0 Å². The van der Waals surface area contributed by atoms with E-state index in [4.69, 9.17) is 4.74 Å². The number of fused-ring (bicyclic) bond motifs is 1. The van der Waals surface area contributed by atoms with E-state index in [0.717, 1.165) is 15.7 Å². The largest absolute Gasteiger partial charge is 0.465 e. The van der Waals surface area contributed by atoms with Gasteiger partial charge in [0.2, 0.25) is 5.91 Å². The molecule has 2 heterocycles.